The van der Waals surface area contributed by atoms with Gasteiger partial charge in [0, 0.05) is 37.8 Å². The van der Waals surface area contributed by atoms with Crippen molar-refractivity contribution in [1.29, 1.82) is 5.26 Å². The number of hydrogen-bond acceptors (Lipinski definition) is 13. The number of fused-ring (bicyclic) bond motifs is 2. The van der Waals surface area contributed by atoms with Gasteiger partial charge in [-0.1, -0.05) is 56.1 Å². The van der Waals surface area contributed by atoms with Gasteiger partial charge < -0.3 is 29.0 Å². The van der Waals surface area contributed by atoms with Gasteiger partial charge in [-0.25, -0.2) is 8.99 Å². The van der Waals surface area contributed by atoms with E-state index >= 15 is 0 Å². The molecule has 0 saturated carbocycles. The van der Waals surface area contributed by atoms with Crippen molar-refractivity contribution in [2.75, 3.05) is 36.7 Å². The Balaban J connectivity index is 0.00000397. The zero-order chi connectivity index (χ0) is 56.1. The summed E-state index contributed by atoms with van der Waals surface area (Å²) in [4.78, 5) is 29.6. The smallest absolute Gasteiger partial charge is 0.417 e. The van der Waals surface area contributed by atoms with Crippen LogP contribution in [0.4, 0.5) is 24.5 Å². The monoisotopic (exact) mass is 1140 g/mol. The molecule has 78 heavy (non-hydrogen) atoms. The van der Waals surface area contributed by atoms with E-state index in [1.54, 1.807) is 55.6 Å². The van der Waals surface area contributed by atoms with E-state index in [0.29, 0.717) is 54.8 Å². The van der Waals surface area contributed by atoms with Crippen molar-refractivity contribution in [2.45, 2.75) is 82.1 Å². The Hall–Kier alpha value is -6.88. The number of aliphatic carboxylic acids is 1. The molecule has 3 heterocycles. The van der Waals surface area contributed by atoms with Crippen LogP contribution in [-0.4, -0.2) is 79.9 Å². The highest BCUT2D eigenvalue weighted by Gasteiger charge is 2.51. The Bertz CT molecular complexity index is 3390. The number of amides is 1. The second-order valence-electron chi connectivity index (χ2n) is 19.2. The molecule has 6 aromatic carbocycles. The van der Waals surface area contributed by atoms with Crippen molar-refractivity contribution in [3.8, 4) is 40.2 Å². The number of aromatic nitrogens is 3. The van der Waals surface area contributed by atoms with Gasteiger partial charge in [0.05, 0.1) is 54.5 Å². The third-order valence-electron chi connectivity index (χ3n) is 13.5. The van der Waals surface area contributed by atoms with Crippen LogP contribution in [0, 0.1) is 18.3 Å². The van der Waals surface area contributed by atoms with E-state index in [0.717, 1.165) is 79.4 Å². The number of methoxy groups -OCH3 is 1. The van der Waals surface area contributed by atoms with Crippen molar-refractivity contribution in [3.63, 3.8) is 0 Å². The number of alkyl halides is 3. The van der Waals surface area contributed by atoms with Gasteiger partial charge in [-0.05, 0) is 165 Å². The highest BCUT2D eigenvalue weighted by atomic mass is 32.7. The topological polar surface area (TPSA) is 156 Å². The quantitative estimate of drug-likeness (QED) is 0.0292. The van der Waals surface area contributed by atoms with Gasteiger partial charge in [0.25, 0.3) is 5.91 Å². The minimum absolute atomic E-state index is 0.0235. The van der Waals surface area contributed by atoms with Gasteiger partial charge in [-0.2, -0.15) is 30.7 Å². The fraction of sp³-hybridized carbons (Fsp3) is 0.298. The maximum atomic E-state index is 13.8. The first-order valence-electron chi connectivity index (χ1n) is 24.8. The molecule has 7 aromatic rings. The maximum Gasteiger partial charge on any atom is 0.417 e. The third-order valence-corrected chi connectivity index (χ3v) is 14.9. The van der Waals surface area contributed by atoms with Gasteiger partial charge in [-0.3, -0.25) is 14.5 Å². The maximum absolute atomic E-state index is 13.8. The number of hydrogen-bond donors (Lipinski definition) is 2. The number of carbonyl (C=O) groups excluding carboxylic acids is 1. The number of carboxylic acid groups (broad SMARTS) is 1. The van der Waals surface area contributed by atoms with Gasteiger partial charge >= 0.3 is 12.1 Å². The first kappa shape index (κ1) is 57.3. The summed E-state index contributed by atoms with van der Waals surface area (Å²) < 4.78 is 69.6. The number of ether oxygens (including phenoxy) is 4. The van der Waals surface area contributed by atoms with E-state index in [2.05, 4.69) is 54.4 Å². The van der Waals surface area contributed by atoms with Crippen molar-refractivity contribution >= 4 is 84.3 Å². The number of benzene rings is 6. The summed E-state index contributed by atoms with van der Waals surface area (Å²) in [6, 6.07) is 35.6. The zero-order valence-corrected chi connectivity index (χ0v) is 47.3. The van der Waals surface area contributed by atoms with Gasteiger partial charge in [-0.15, -0.1) is 5.10 Å². The first-order chi connectivity index (χ1) is 37.3. The Morgan fingerprint density at radius 2 is 1.59 bits per heavy atom. The largest absolute Gasteiger partial charge is 0.494 e. The second kappa shape index (κ2) is 24.4. The highest BCUT2D eigenvalue weighted by Crippen LogP contribution is 2.43. The fourth-order valence-corrected chi connectivity index (χ4v) is 11.2. The lowest BCUT2D eigenvalue weighted by atomic mass is 9.86. The Kier molecular flexibility index (Phi) is 17.9. The molecule has 0 spiro atoms. The van der Waals surface area contributed by atoms with Crippen LogP contribution in [0.2, 0.25) is 0 Å². The summed E-state index contributed by atoms with van der Waals surface area (Å²) in [7, 11) is 5.49. The van der Waals surface area contributed by atoms with Crippen LogP contribution in [0.15, 0.2) is 120 Å². The molecule has 1 aromatic heterocycles. The first-order valence-corrected chi connectivity index (χ1v) is 28.0. The second-order valence-corrected chi connectivity index (χ2v) is 20.7. The van der Waals surface area contributed by atoms with E-state index in [4.69, 9.17) is 31.2 Å². The average molecular weight is 1140 g/mol. The SMILES string of the molecule is COc1cc(C(CC(=O)O)c2ccc(C)c(CN3CC(C)Oc4cc(OCCCCOc5ccc(-c6ccc(N7C(=S)N(c8ccc(C#N)c(C(F)(F)F)c8)C(=O)C7(C)C)cc6)cc5)ccc4S3)c2)cc2nnn(C)c12.PS. The highest BCUT2D eigenvalue weighted by molar-refractivity contribution is 8.31. The summed E-state index contributed by atoms with van der Waals surface area (Å²) >= 11 is 10.8. The Labute approximate surface area is 467 Å². The van der Waals surface area contributed by atoms with Gasteiger partial charge in [0.2, 0.25) is 0 Å². The predicted molar refractivity (Wildman–Crippen MR) is 307 cm³/mol. The number of carbonyl (C=O) groups is 2. The molecule has 1 N–H and O–H groups in total. The van der Waals surface area contributed by atoms with Crippen LogP contribution in [0.25, 0.3) is 22.2 Å². The lowest BCUT2D eigenvalue weighted by Crippen LogP contribution is -2.44. The van der Waals surface area contributed by atoms with Crippen molar-refractivity contribution in [1.82, 2.24) is 19.3 Å². The molecule has 2 aliphatic heterocycles. The number of thiol groups is 1. The summed E-state index contributed by atoms with van der Waals surface area (Å²) in [5.41, 5.74) is 4.68. The number of aryl methyl sites for hydroxylation is 2. The molecule has 21 heteroatoms. The van der Waals surface area contributed by atoms with Crippen LogP contribution < -0.4 is 28.7 Å². The van der Waals surface area contributed by atoms with Gasteiger partial charge in [0.15, 0.2) is 5.11 Å². The number of nitrogens with zero attached hydrogens (tertiary/aromatic N) is 7. The number of halogens is 3. The minimum Gasteiger partial charge on any atom is -0.494 e. The van der Waals surface area contributed by atoms with Crippen LogP contribution in [-0.2, 0) is 29.4 Å². The Morgan fingerprint density at radius 3 is 2.24 bits per heavy atom. The number of rotatable bonds is 17. The van der Waals surface area contributed by atoms with E-state index in [-0.39, 0.29) is 23.3 Å². The molecule has 406 valence electrons. The number of thiocarbonyl (C=S) groups is 1. The zero-order valence-electron chi connectivity index (χ0n) is 43.6. The molecule has 1 amide bonds. The normalized spacial score (nSPS) is 15.6. The number of anilines is 2. The minimum atomic E-state index is -4.79. The summed E-state index contributed by atoms with van der Waals surface area (Å²) in [5.74, 6) is 0.905. The van der Waals surface area contributed by atoms with Crippen molar-refractivity contribution in [2.24, 2.45) is 7.05 Å². The van der Waals surface area contributed by atoms with Crippen LogP contribution in [0.5, 0.6) is 23.0 Å². The summed E-state index contributed by atoms with van der Waals surface area (Å²) in [6.07, 6.45) is -3.50. The molecule has 0 aliphatic carbocycles. The molecule has 3 unspecified atom stereocenters. The fourth-order valence-electron chi connectivity index (χ4n) is 9.55. The van der Waals surface area contributed by atoms with E-state index in [1.807, 2.05) is 91.9 Å². The van der Waals surface area contributed by atoms with E-state index in [1.165, 1.54) is 6.07 Å². The molecule has 1 saturated heterocycles. The van der Waals surface area contributed by atoms with Crippen LogP contribution >= 0.6 is 44.9 Å². The number of carboxylic acids is 1. The molecular weight excluding hydrogens is 1080 g/mol. The molecule has 1 fully saturated rings. The van der Waals surface area contributed by atoms with E-state index in [9.17, 15) is 33.1 Å². The lowest BCUT2D eigenvalue weighted by Gasteiger charge is -2.29. The number of nitriles is 1. The average Bonchev–Trinajstić information content (AvgIpc) is 3.92. The van der Waals surface area contributed by atoms with Crippen molar-refractivity contribution < 1.29 is 46.8 Å². The standard InChI is InChI=1S/C57H54F3N7O7S2.H3PS/c1-34-9-10-38(46(30-52(68)69)40-26-48-53(50(27-40)71-6)64(5)63-62-48)25-41(34)33-65-32-35(2)74-49-29-45(21-22-51(49)76-65)73-24-8-7-23-72-44-19-14-37(15-20-44)36-11-16-42(17-12-36)67-55(75)66(54(70)56(67,3)4)43-18-13-39(31-61)47(28-43)57(58,59)60;1-2/h9-22,25-29,35,46H,7-8,23-24,30,32-33H2,1-6H3,(H,68,69);2H,1H2. The molecule has 3 atom stereocenters. The number of unbranched alkanes of at least 4 members (excludes halogenated alkanes) is 1. The van der Waals surface area contributed by atoms with Crippen molar-refractivity contribution in [3.05, 3.63) is 149 Å². The Morgan fingerprint density at radius 1 is 0.936 bits per heavy atom. The van der Waals surface area contributed by atoms with E-state index < -0.39 is 40.6 Å². The molecule has 0 bridgehead atoms. The van der Waals surface area contributed by atoms with Crippen LogP contribution in [0.1, 0.15) is 79.3 Å². The molecular formula is C57H57F3N7O7PS3. The lowest BCUT2D eigenvalue weighted by molar-refractivity contribution is -0.138. The molecule has 9 rings (SSSR count). The van der Waals surface area contributed by atoms with Crippen LogP contribution in [0.3, 0.4) is 0 Å². The third kappa shape index (κ3) is 12.5. The summed E-state index contributed by atoms with van der Waals surface area (Å²) in [5, 5.41) is 27.7. The molecule has 0 radical (unpaired) electrons. The predicted octanol–water partition coefficient (Wildman–Crippen LogP) is 12.6. The summed E-state index contributed by atoms with van der Waals surface area (Å²) in [6.45, 7) is 9.67. The molecule has 14 nitrogen and oxygen atoms in total. The molecule has 2 aliphatic rings. The van der Waals surface area contributed by atoms with Gasteiger partial charge in [0.1, 0.15) is 45.7 Å².